The molecule has 0 spiro atoms. The molecule has 0 atom stereocenters. The molecule has 0 aliphatic carbocycles. The highest BCUT2D eigenvalue weighted by Gasteiger charge is 2.44. The standard InChI is InChI=1S/C62H53BN2/c1-61(2,3)50-30-17-13-26-46(50)44-36-38-56-52(40-44)63-53-41-45(47-27-14-18-31-51(47)62(4,5)6)37-39-57(53)65(55-33-20-16-29-49(55)43-24-11-8-12-25-43)59-35-21-34-58(60(59)63)64(56)54-32-19-15-28-48(54)42-22-9-7-10-23-42/h7-41H,1-6H3. The lowest BCUT2D eigenvalue weighted by Crippen LogP contribution is -2.61. The number of fused-ring (bicyclic) bond motifs is 4. The van der Waals surface area contributed by atoms with Crippen LogP contribution in [0, 0.1) is 0 Å². The van der Waals surface area contributed by atoms with E-state index in [9.17, 15) is 0 Å². The highest BCUT2D eigenvalue weighted by molar-refractivity contribution is 7.00. The van der Waals surface area contributed by atoms with E-state index in [4.69, 9.17) is 0 Å². The molecule has 11 rings (SSSR count). The number of hydrogen-bond donors (Lipinski definition) is 0. The molecule has 2 heterocycles. The molecule has 2 aliphatic rings. The van der Waals surface area contributed by atoms with E-state index in [1.165, 1.54) is 94.8 Å². The van der Waals surface area contributed by atoms with Crippen LogP contribution in [0.3, 0.4) is 0 Å². The van der Waals surface area contributed by atoms with Crippen LogP contribution in [0.4, 0.5) is 34.1 Å². The van der Waals surface area contributed by atoms with Gasteiger partial charge in [0.2, 0.25) is 0 Å². The first-order valence-electron chi connectivity index (χ1n) is 23.1. The molecule has 314 valence electrons. The van der Waals surface area contributed by atoms with Gasteiger partial charge in [0.15, 0.2) is 0 Å². The number of para-hydroxylation sites is 2. The van der Waals surface area contributed by atoms with Crippen molar-refractivity contribution >= 4 is 57.2 Å². The monoisotopic (exact) mass is 836 g/mol. The highest BCUT2D eigenvalue weighted by atomic mass is 15.2. The quantitative estimate of drug-likeness (QED) is 0.154. The lowest BCUT2D eigenvalue weighted by Gasteiger charge is -2.45. The van der Waals surface area contributed by atoms with Crippen LogP contribution in [-0.4, -0.2) is 6.71 Å². The van der Waals surface area contributed by atoms with E-state index >= 15 is 0 Å². The molecule has 0 bridgehead atoms. The Morgan fingerprint density at radius 3 is 1.06 bits per heavy atom. The number of anilines is 6. The van der Waals surface area contributed by atoms with Crippen molar-refractivity contribution in [1.29, 1.82) is 0 Å². The maximum atomic E-state index is 2.55. The van der Waals surface area contributed by atoms with Crippen LogP contribution in [0.5, 0.6) is 0 Å². The topological polar surface area (TPSA) is 6.48 Å². The molecular weight excluding hydrogens is 784 g/mol. The first-order valence-corrected chi connectivity index (χ1v) is 23.1. The fourth-order valence-electron chi connectivity index (χ4n) is 10.6. The van der Waals surface area contributed by atoms with Crippen LogP contribution >= 0.6 is 0 Å². The Hall–Kier alpha value is -7.36. The lowest BCUT2D eigenvalue weighted by molar-refractivity contribution is 0.591. The zero-order valence-electron chi connectivity index (χ0n) is 38.2. The zero-order chi connectivity index (χ0) is 44.5. The smallest absolute Gasteiger partial charge is 0.252 e. The van der Waals surface area contributed by atoms with Crippen LogP contribution in [-0.2, 0) is 10.8 Å². The van der Waals surface area contributed by atoms with Gasteiger partial charge in [0.1, 0.15) is 0 Å². The first-order chi connectivity index (χ1) is 31.6. The third kappa shape index (κ3) is 6.89. The van der Waals surface area contributed by atoms with Gasteiger partial charge in [0.25, 0.3) is 6.71 Å². The normalized spacial score (nSPS) is 13.0. The van der Waals surface area contributed by atoms with Crippen LogP contribution in [0.2, 0.25) is 0 Å². The molecule has 0 aromatic heterocycles. The molecule has 65 heavy (non-hydrogen) atoms. The SMILES string of the molecule is CC(C)(C)c1ccccc1-c1ccc2c(c1)B1c3cc(-c4ccccc4C(C)(C)C)ccc3N(c3ccccc3-c3ccccc3)c3cccc(c31)N2c1ccccc1-c1ccccc1. The Morgan fingerprint density at radius 1 is 0.292 bits per heavy atom. The largest absolute Gasteiger partial charge is 0.311 e. The van der Waals surface area contributed by atoms with Gasteiger partial charge in [-0.05, 0) is 108 Å². The van der Waals surface area contributed by atoms with Gasteiger partial charge in [0.05, 0.1) is 11.4 Å². The molecule has 0 saturated carbocycles. The van der Waals surface area contributed by atoms with Gasteiger partial charge in [0, 0.05) is 33.9 Å². The highest BCUT2D eigenvalue weighted by Crippen LogP contribution is 2.49. The molecular formula is C62H53BN2. The Labute approximate surface area is 385 Å². The van der Waals surface area contributed by atoms with E-state index in [0.29, 0.717) is 0 Å². The van der Waals surface area contributed by atoms with Crippen molar-refractivity contribution in [2.45, 2.75) is 52.4 Å². The summed E-state index contributed by atoms with van der Waals surface area (Å²) in [6.45, 7) is 13.9. The molecule has 0 N–H and O–H groups in total. The van der Waals surface area contributed by atoms with Gasteiger partial charge in [-0.15, -0.1) is 0 Å². The predicted octanol–water partition coefficient (Wildman–Crippen LogP) is 15.0. The van der Waals surface area contributed by atoms with Gasteiger partial charge in [-0.1, -0.05) is 217 Å². The Bertz CT molecular complexity index is 3030. The summed E-state index contributed by atoms with van der Waals surface area (Å²) in [7, 11) is 0. The number of benzene rings is 9. The lowest BCUT2D eigenvalue weighted by atomic mass is 9.33. The second-order valence-electron chi connectivity index (χ2n) is 19.7. The van der Waals surface area contributed by atoms with E-state index in [1.54, 1.807) is 0 Å². The van der Waals surface area contributed by atoms with Gasteiger partial charge in [-0.2, -0.15) is 0 Å². The minimum absolute atomic E-state index is 0.0354. The molecule has 2 nitrogen and oxygen atoms in total. The van der Waals surface area contributed by atoms with E-state index < -0.39 is 0 Å². The zero-order valence-corrected chi connectivity index (χ0v) is 38.2. The maximum absolute atomic E-state index is 2.55. The third-order valence-electron chi connectivity index (χ3n) is 13.5. The first kappa shape index (κ1) is 40.4. The summed E-state index contributed by atoms with van der Waals surface area (Å²) >= 11 is 0. The second kappa shape index (κ2) is 15.7. The summed E-state index contributed by atoms with van der Waals surface area (Å²) in [4.78, 5) is 5.11. The van der Waals surface area contributed by atoms with E-state index in [1.807, 2.05) is 0 Å². The molecule has 0 fully saturated rings. The van der Waals surface area contributed by atoms with Crippen molar-refractivity contribution in [3.8, 4) is 44.5 Å². The molecule has 0 unspecified atom stereocenters. The Balaban J connectivity index is 1.25. The molecule has 0 amide bonds. The number of rotatable bonds is 6. The van der Waals surface area contributed by atoms with Crippen LogP contribution < -0.4 is 26.2 Å². The summed E-state index contributed by atoms with van der Waals surface area (Å²) in [5.74, 6) is 0. The average Bonchev–Trinajstić information content (AvgIpc) is 3.34. The van der Waals surface area contributed by atoms with E-state index in [2.05, 4.69) is 264 Å². The minimum Gasteiger partial charge on any atom is -0.311 e. The van der Waals surface area contributed by atoms with Crippen molar-refractivity contribution in [1.82, 2.24) is 0 Å². The van der Waals surface area contributed by atoms with Gasteiger partial charge in [-0.3, -0.25) is 0 Å². The molecule has 9 aromatic carbocycles. The summed E-state index contributed by atoms with van der Waals surface area (Å²) in [6, 6.07) is 79.1. The van der Waals surface area contributed by atoms with Gasteiger partial charge >= 0.3 is 0 Å². The van der Waals surface area contributed by atoms with E-state index in [-0.39, 0.29) is 17.5 Å². The van der Waals surface area contributed by atoms with Crippen molar-refractivity contribution < 1.29 is 0 Å². The number of nitrogens with zero attached hydrogens (tertiary/aromatic N) is 2. The van der Waals surface area contributed by atoms with Crippen LogP contribution in [0.25, 0.3) is 44.5 Å². The summed E-state index contributed by atoms with van der Waals surface area (Å²) in [5, 5.41) is 0. The Kier molecular flexibility index (Phi) is 9.77. The molecule has 9 aromatic rings. The number of hydrogen-bond acceptors (Lipinski definition) is 2. The van der Waals surface area contributed by atoms with Crippen molar-refractivity contribution in [3.63, 3.8) is 0 Å². The maximum Gasteiger partial charge on any atom is 0.252 e. The summed E-state index contributed by atoms with van der Waals surface area (Å²) < 4.78 is 0. The minimum atomic E-state index is -0.0602. The summed E-state index contributed by atoms with van der Waals surface area (Å²) in [5.41, 5.74) is 23.4. The molecule has 0 radical (unpaired) electrons. The van der Waals surface area contributed by atoms with Crippen LogP contribution in [0.15, 0.2) is 212 Å². The second-order valence-corrected chi connectivity index (χ2v) is 19.7. The van der Waals surface area contributed by atoms with E-state index in [0.717, 1.165) is 11.4 Å². The third-order valence-corrected chi connectivity index (χ3v) is 13.5. The average molecular weight is 837 g/mol. The molecule has 3 heteroatoms. The van der Waals surface area contributed by atoms with Crippen molar-refractivity contribution in [2.24, 2.45) is 0 Å². The Morgan fingerprint density at radius 2 is 0.646 bits per heavy atom. The van der Waals surface area contributed by atoms with Crippen molar-refractivity contribution in [3.05, 3.63) is 223 Å². The van der Waals surface area contributed by atoms with Gasteiger partial charge < -0.3 is 9.80 Å². The van der Waals surface area contributed by atoms with Crippen LogP contribution in [0.1, 0.15) is 52.7 Å². The van der Waals surface area contributed by atoms with Crippen molar-refractivity contribution in [2.75, 3.05) is 9.80 Å². The molecule has 0 saturated heterocycles. The fraction of sp³-hybridized carbons (Fsp3) is 0.129. The summed E-state index contributed by atoms with van der Waals surface area (Å²) in [6.07, 6.45) is 0. The van der Waals surface area contributed by atoms with Gasteiger partial charge in [-0.25, -0.2) is 0 Å². The fourth-order valence-corrected chi connectivity index (χ4v) is 10.6. The predicted molar refractivity (Wildman–Crippen MR) is 280 cm³/mol. The molecule has 2 aliphatic heterocycles.